The fraction of sp³-hybridized carbons (Fsp3) is 0.667. The zero-order valence-electron chi connectivity index (χ0n) is 15.7. The first kappa shape index (κ1) is 20.0. The smallest absolute Gasteiger partial charge is 0.170 e. The monoisotopic (exact) mass is 362 g/mol. The van der Waals surface area contributed by atoms with Gasteiger partial charge in [0.1, 0.15) is 5.75 Å². The molecular weight excluding hydrogens is 328 g/mol. The maximum absolute atomic E-state index is 5.53. The van der Waals surface area contributed by atoms with Crippen molar-refractivity contribution < 1.29 is 4.74 Å². The summed E-state index contributed by atoms with van der Waals surface area (Å²) < 4.78 is 5.48. The SMILES string of the molecule is CCOc1ccc(NC(=S)NC2CCCCCCCCCCC2)cc1. The summed E-state index contributed by atoms with van der Waals surface area (Å²) in [5, 5.41) is 7.60. The van der Waals surface area contributed by atoms with E-state index in [-0.39, 0.29) is 0 Å². The number of nitrogens with one attached hydrogen (secondary N) is 2. The largest absolute Gasteiger partial charge is 0.494 e. The van der Waals surface area contributed by atoms with Crippen molar-refractivity contribution in [3.05, 3.63) is 24.3 Å². The molecule has 0 spiro atoms. The van der Waals surface area contributed by atoms with Gasteiger partial charge in [0.15, 0.2) is 5.11 Å². The summed E-state index contributed by atoms with van der Waals surface area (Å²) in [4.78, 5) is 0. The topological polar surface area (TPSA) is 33.3 Å². The molecule has 1 aliphatic carbocycles. The van der Waals surface area contributed by atoms with Crippen molar-refractivity contribution in [3.8, 4) is 5.75 Å². The maximum atomic E-state index is 5.53. The van der Waals surface area contributed by atoms with E-state index in [0.29, 0.717) is 12.6 Å². The molecule has 0 saturated heterocycles. The second kappa shape index (κ2) is 12.1. The van der Waals surface area contributed by atoms with Crippen molar-refractivity contribution in [1.29, 1.82) is 0 Å². The fourth-order valence-corrected chi connectivity index (χ4v) is 3.75. The Morgan fingerprint density at radius 3 is 1.96 bits per heavy atom. The van der Waals surface area contributed by atoms with E-state index in [2.05, 4.69) is 10.6 Å². The molecule has 0 unspecified atom stereocenters. The van der Waals surface area contributed by atoms with E-state index in [1.165, 1.54) is 70.6 Å². The summed E-state index contributed by atoms with van der Waals surface area (Å²) in [5.74, 6) is 0.895. The Hall–Kier alpha value is -1.29. The van der Waals surface area contributed by atoms with Crippen molar-refractivity contribution in [2.24, 2.45) is 0 Å². The highest BCUT2D eigenvalue weighted by Gasteiger charge is 2.11. The van der Waals surface area contributed by atoms with Gasteiger partial charge in [-0.15, -0.1) is 0 Å². The molecule has 0 radical (unpaired) electrons. The van der Waals surface area contributed by atoms with Crippen LogP contribution >= 0.6 is 12.2 Å². The molecule has 1 aliphatic rings. The average molecular weight is 363 g/mol. The highest BCUT2D eigenvalue weighted by molar-refractivity contribution is 7.80. The Kier molecular flexibility index (Phi) is 9.71. The van der Waals surface area contributed by atoms with Crippen LogP contribution in [0.4, 0.5) is 5.69 Å². The van der Waals surface area contributed by atoms with Gasteiger partial charge in [0.2, 0.25) is 0 Å². The van der Waals surface area contributed by atoms with Crippen LogP contribution in [-0.2, 0) is 0 Å². The van der Waals surface area contributed by atoms with Gasteiger partial charge in [-0.3, -0.25) is 0 Å². The third kappa shape index (κ3) is 8.57. The number of thiocarbonyl (C=S) groups is 1. The lowest BCUT2D eigenvalue weighted by Gasteiger charge is -2.21. The Labute approximate surface area is 158 Å². The molecule has 1 saturated carbocycles. The van der Waals surface area contributed by atoms with Crippen LogP contribution in [0.1, 0.15) is 77.6 Å². The quantitative estimate of drug-likeness (QED) is 0.639. The van der Waals surface area contributed by atoms with Gasteiger partial charge in [-0.05, 0) is 56.2 Å². The van der Waals surface area contributed by atoms with Gasteiger partial charge >= 0.3 is 0 Å². The van der Waals surface area contributed by atoms with Gasteiger partial charge in [-0.25, -0.2) is 0 Å². The summed E-state index contributed by atoms with van der Waals surface area (Å²) in [7, 11) is 0. The van der Waals surface area contributed by atoms with Crippen LogP contribution in [0, 0.1) is 0 Å². The van der Waals surface area contributed by atoms with Gasteiger partial charge in [0.05, 0.1) is 6.61 Å². The van der Waals surface area contributed by atoms with Gasteiger partial charge in [0.25, 0.3) is 0 Å². The second-order valence-electron chi connectivity index (χ2n) is 7.01. The molecule has 0 aliphatic heterocycles. The molecule has 0 bridgehead atoms. The van der Waals surface area contributed by atoms with E-state index in [0.717, 1.165) is 16.5 Å². The van der Waals surface area contributed by atoms with Crippen LogP contribution in [0.5, 0.6) is 5.75 Å². The number of hydrogen-bond acceptors (Lipinski definition) is 2. The Morgan fingerprint density at radius 1 is 0.920 bits per heavy atom. The molecule has 0 amide bonds. The summed E-state index contributed by atoms with van der Waals surface area (Å²) in [5.41, 5.74) is 1.01. The zero-order chi connectivity index (χ0) is 17.7. The number of rotatable bonds is 4. The zero-order valence-corrected chi connectivity index (χ0v) is 16.5. The van der Waals surface area contributed by atoms with Crippen molar-refractivity contribution in [2.45, 2.75) is 83.6 Å². The maximum Gasteiger partial charge on any atom is 0.170 e. The van der Waals surface area contributed by atoms with Crippen LogP contribution in [0.25, 0.3) is 0 Å². The van der Waals surface area contributed by atoms with Crippen LogP contribution in [0.3, 0.4) is 0 Å². The molecule has 2 rings (SSSR count). The van der Waals surface area contributed by atoms with Gasteiger partial charge < -0.3 is 15.4 Å². The standard InChI is InChI=1S/C21H34N2OS/c1-2-24-20-16-14-19(15-17-20)23-21(25)22-18-12-10-8-6-4-3-5-7-9-11-13-18/h14-18H,2-13H2,1H3,(H2,22,23,25). The normalized spacial score (nSPS) is 17.8. The summed E-state index contributed by atoms with van der Waals surface area (Å²) >= 11 is 5.53. The van der Waals surface area contributed by atoms with Crippen molar-refractivity contribution in [1.82, 2.24) is 5.32 Å². The molecule has 2 N–H and O–H groups in total. The molecule has 0 atom stereocenters. The second-order valence-corrected chi connectivity index (χ2v) is 7.42. The summed E-state index contributed by atoms with van der Waals surface area (Å²) in [6.45, 7) is 2.68. The molecule has 0 aromatic heterocycles. The highest BCUT2D eigenvalue weighted by atomic mass is 32.1. The minimum Gasteiger partial charge on any atom is -0.494 e. The van der Waals surface area contributed by atoms with E-state index in [1.54, 1.807) is 0 Å². The molecule has 1 aromatic rings. The van der Waals surface area contributed by atoms with Crippen LogP contribution in [0.2, 0.25) is 0 Å². The molecule has 4 heteroatoms. The lowest BCUT2D eigenvalue weighted by atomic mass is 9.98. The summed E-state index contributed by atoms with van der Waals surface area (Å²) in [6, 6.07) is 8.48. The van der Waals surface area contributed by atoms with Crippen LogP contribution in [0.15, 0.2) is 24.3 Å². The molecule has 0 heterocycles. The van der Waals surface area contributed by atoms with Crippen molar-refractivity contribution in [3.63, 3.8) is 0 Å². The fourth-order valence-electron chi connectivity index (χ4n) is 3.46. The minimum absolute atomic E-state index is 0.502. The van der Waals surface area contributed by atoms with Gasteiger partial charge in [-0.2, -0.15) is 0 Å². The molecule has 1 aromatic carbocycles. The Morgan fingerprint density at radius 2 is 1.44 bits per heavy atom. The number of anilines is 1. The number of hydrogen-bond donors (Lipinski definition) is 2. The molecule has 1 fully saturated rings. The number of benzene rings is 1. The minimum atomic E-state index is 0.502. The molecular formula is C21H34N2OS. The Bertz CT molecular complexity index is 477. The Balaban J connectivity index is 1.79. The van der Waals surface area contributed by atoms with E-state index in [9.17, 15) is 0 Å². The van der Waals surface area contributed by atoms with Gasteiger partial charge in [0, 0.05) is 11.7 Å². The third-order valence-electron chi connectivity index (χ3n) is 4.86. The predicted octanol–water partition coefficient (Wildman–Crippen LogP) is 6.05. The van der Waals surface area contributed by atoms with E-state index in [4.69, 9.17) is 17.0 Å². The van der Waals surface area contributed by atoms with E-state index < -0.39 is 0 Å². The van der Waals surface area contributed by atoms with Crippen LogP contribution < -0.4 is 15.4 Å². The number of ether oxygens (including phenoxy) is 1. The van der Waals surface area contributed by atoms with E-state index >= 15 is 0 Å². The predicted molar refractivity (Wildman–Crippen MR) is 112 cm³/mol. The third-order valence-corrected chi connectivity index (χ3v) is 5.08. The molecule has 25 heavy (non-hydrogen) atoms. The van der Waals surface area contributed by atoms with Crippen molar-refractivity contribution in [2.75, 3.05) is 11.9 Å². The van der Waals surface area contributed by atoms with Crippen LogP contribution in [-0.4, -0.2) is 17.8 Å². The van der Waals surface area contributed by atoms with Gasteiger partial charge in [-0.1, -0.05) is 57.8 Å². The first-order valence-electron chi connectivity index (χ1n) is 10.1. The van der Waals surface area contributed by atoms with Crippen molar-refractivity contribution >= 4 is 23.0 Å². The first-order chi connectivity index (χ1) is 12.3. The summed E-state index contributed by atoms with van der Waals surface area (Å²) in [6.07, 6.45) is 14.8. The highest BCUT2D eigenvalue weighted by Crippen LogP contribution is 2.18. The lowest BCUT2D eigenvalue weighted by Crippen LogP contribution is -2.37. The molecule has 140 valence electrons. The van der Waals surface area contributed by atoms with E-state index in [1.807, 2.05) is 31.2 Å². The first-order valence-corrected chi connectivity index (χ1v) is 10.5. The lowest BCUT2D eigenvalue weighted by molar-refractivity contribution is 0.340. The molecule has 3 nitrogen and oxygen atoms in total. The average Bonchev–Trinajstić information content (AvgIpc) is 2.59.